The van der Waals surface area contributed by atoms with Crippen molar-refractivity contribution in [3.63, 3.8) is 0 Å². The second-order valence-corrected chi connectivity index (χ2v) is 2.58. The quantitative estimate of drug-likeness (QED) is 0.615. The number of hydrogen-bond acceptors (Lipinski definition) is 3. The summed E-state index contributed by atoms with van der Waals surface area (Å²) in [6, 6.07) is 2.20. The lowest BCUT2D eigenvalue weighted by atomic mass is 10.1. The standard InChI is InChI=1S/C8H9F2NO2/c9-8(10)6(11)4-2-1-3-5(12)7(4)13/h1-3,6,8,12-13H,11H2/t6-/m1/s1. The molecular weight excluding hydrogens is 180 g/mol. The highest BCUT2D eigenvalue weighted by atomic mass is 19.3. The molecule has 0 aliphatic carbocycles. The van der Waals surface area contributed by atoms with Crippen LogP contribution in [-0.4, -0.2) is 16.6 Å². The molecule has 0 amide bonds. The van der Waals surface area contributed by atoms with Crippen LogP contribution in [0.3, 0.4) is 0 Å². The van der Waals surface area contributed by atoms with Gasteiger partial charge in [-0.25, -0.2) is 8.78 Å². The van der Waals surface area contributed by atoms with E-state index in [2.05, 4.69) is 0 Å². The van der Waals surface area contributed by atoms with Crippen molar-refractivity contribution in [2.75, 3.05) is 0 Å². The Labute approximate surface area is 73.4 Å². The number of phenolic OH excluding ortho intramolecular Hbond substituents is 2. The summed E-state index contributed by atoms with van der Waals surface area (Å²) in [4.78, 5) is 0. The topological polar surface area (TPSA) is 66.5 Å². The number of nitrogens with two attached hydrogens (primary N) is 1. The lowest BCUT2D eigenvalue weighted by molar-refractivity contribution is 0.115. The van der Waals surface area contributed by atoms with Crippen molar-refractivity contribution in [2.45, 2.75) is 12.5 Å². The minimum Gasteiger partial charge on any atom is -0.504 e. The molecule has 72 valence electrons. The number of hydrogen-bond donors (Lipinski definition) is 3. The van der Waals surface area contributed by atoms with E-state index in [9.17, 15) is 8.78 Å². The van der Waals surface area contributed by atoms with Crippen LogP contribution in [0.4, 0.5) is 8.78 Å². The Hall–Kier alpha value is -1.36. The Morgan fingerprint density at radius 3 is 2.38 bits per heavy atom. The first-order chi connectivity index (χ1) is 6.04. The van der Waals surface area contributed by atoms with E-state index in [1.165, 1.54) is 18.2 Å². The van der Waals surface area contributed by atoms with Gasteiger partial charge in [-0.05, 0) is 6.07 Å². The van der Waals surface area contributed by atoms with E-state index >= 15 is 0 Å². The van der Waals surface area contributed by atoms with Gasteiger partial charge in [0.05, 0.1) is 6.04 Å². The van der Waals surface area contributed by atoms with Crippen LogP contribution in [0.5, 0.6) is 11.5 Å². The van der Waals surface area contributed by atoms with Gasteiger partial charge in [-0.15, -0.1) is 0 Å². The third-order valence-corrected chi connectivity index (χ3v) is 1.68. The summed E-state index contributed by atoms with van der Waals surface area (Å²) >= 11 is 0. The van der Waals surface area contributed by atoms with Crippen molar-refractivity contribution in [3.05, 3.63) is 23.8 Å². The zero-order valence-electron chi connectivity index (χ0n) is 6.61. The number of benzene rings is 1. The van der Waals surface area contributed by atoms with E-state index < -0.39 is 24.0 Å². The van der Waals surface area contributed by atoms with E-state index in [4.69, 9.17) is 15.9 Å². The molecule has 0 fully saturated rings. The minimum absolute atomic E-state index is 0.157. The third-order valence-electron chi connectivity index (χ3n) is 1.68. The summed E-state index contributed by atoms with van der Waals surface area (Å²) < 4.78 is 24.2. The van der Waals surface area contributed by atoms with Gasteiger partial charge in [-0.2, -0.15) is 0 Å². The van der Waals surface area contributed by atoms with Crippen LogP contribution in [0.1, 0.15) is 11.6 Å². The van der Waals surface area contributed by atoms with Crippen molar-refractivity contribution in [1.29, 1.82) is 0 Å². The van der Waals surface area contributed by atoms with Gasteiger partial charge < -0.3 is 15.9 Å². The van der Waals surface area contributed by atoms with Gasteiger partial charge in [0.2, 0.25) is 0 Å². The summed E-state index contributed by atoms with van der Waals surface area (Å²) in [7, 11) is 0. The summed E-state index contributed by atoms with van der Waals surface area (Å²) in [5, 5.41) is 18.1. The molecular formula is C8H9F2NO2. The largest absolute Gasteiger partial charge is 0.504 e. The fourth-order valence-corrected chi connectivity index (χ4v) is 0.953. The van der Waals surface area contributed by atoms with Crippen molar-refractivity contribution >= 4 is 0 Å². The fourth-order valence-electron chi connectivity index (χ4n) is 0.953. The molecule has 0 spiro atoms. The lowest BCUT2D eigenvalue weighted by Gasteiger charge is -2.12. The maximum atomic E-state index is 12.1. The van der Waals surface area contributed by atoms with Gasteiger partial charge in [0.25, 0.3) is 6.43 Å². The minimum atomic E-state index is -2.77. The molecule has 0 radical (unpaired) electrons. The van der Waals surface area contributed by atoms with E-state index in [0.29, 0.717) is 0 Å². The van der Waals surface area contributed by atoms with E-state index in [0.717, 1.165) is 0 Å². The molecule has 4 N–H and O–H groups in total. The molecule has 1 aromatic rings. The fraction of sp³-hybridized carbons (Fsp3) is 0.250. The molecule has 0 aliphatic rings. The predicted octanol–water partition coefficient (Wildman–Crippen LogP) is 1.36. The number of aromatic hydroxyl groups is 2. The highest BCUT2D eigenvalue weighted by molar-refractivity contribution is 5.45. The zero-order valence-corrected chi connectivity index (χ0v) is 6.61. The Kier molecular flexibility index (Phi) is 2.67. The van der Waals surface area contributed by atoms with E-state index in [1.54, 1.807) is 0 Å². The van der Waals surface area contributed by atoms with Crippen LogP contribution < -0.4 is 5.73 Å². The van der Waals surface area contributed by atoms with Crippen molar-refractivity contribution in [3.8, 4) is 11.5 Å². The van der Waals surface area contributed by atoms with Crippen LogP contribution >= 0.6 is 0 Å². The van der Waals surface area contributed by atoms with Crippen molar-refractivity contribution in [1.82, 2.24) is 0 Å². The molecule has 0 heterocycles. The van der Waals surface area contributed by atoms with Crippen molar-refractivity contribution < 1.29 is 19.0 Å². The lowest BCUT2D eigenvalue weighted by Crippen LogP contribution is -2.18. The van der Waals surface area contributed by atoms with E-state index in [1.807, 2.05) is 0 Å². The molecule has 0 aliphatic heterocycles. The number of para-hydroxylation sites is 1. The Morgan fingerprint density at radius 1 is 1.23 bits per heavy atom. The van der Waals surface area contributed by atoms with Crippen molar-refractivity contribution in [2.24, 2.45) is 5.73 Å². The molecule has 1 aromatic carbocycles. The zero-order chi connectivity index (χ0) is 10.0. The highest BCUT2D eigenvalue weighted by Gasteiger charge is 2.21. The Morgan fingerprint density at radius 2 is 1.85 bits per heavy atom. The second kappa shape index (κ2) is 3.57. The molecule has 0 saturated carbocycles. The maximum absolute atomic E-state index is 12.1. The Balaban J connectivity index is 3.07. The Bertz CT molecular complexity index is 304. The highest BCUT2D eigenvalue weighted by Crippen LogP contribution is 2.33. The SMILES string of the molecule is N[C@H](c1cccc(O)c1O)C(F)F. The molecule has 1 atom stereocenters. The molecule has 0 saturated heterocycles. The smallest absolute Gasteiger partial charge is 0.257 e. The van der Waals surface area contributed by atoms with Gasteiger partial charge in [-0.3, -0.25) is 0 Å². The van der Waals surface area contributed by atoms with Gasteiger partial charge in [-0.1, -0.05) is 12.1 Å². The average Bonchev–Trinajstić information content (AvgIpc) is 2.08. The summed E-state index contributed by atoms with van der Waals surface area (Å²) in [6.07, 6.45) is -2.77. The number of alkyl halides is 2. The third kappa shape index (κ3) is 1.86. The average molecular weight is 189 g/mol. The normalized spacial score (nSPS) is 13.2. The molecule has 0 aromatic heterocycles. The monoisotopic (exact) mass is 189 g/mol. The van der Waals surface area contributed by atoms with Crippen LogP contribution in [0.25, 0.3) is 0 Å². The molecule has 1 rings (SSSR count). The van der Waals surface area contributed by atoms with Crippen LogP contribution in [0, 0.1) is 0 Å². The van der Waals surface area contributed by atoms with Gasteiger partial charge in [0.15, 0.2) is 11.5 Å². The van der Waals surface area contributed by atoms with Crippen LogP contribution in [0.2, 0.25) is 0 Å². The second-order valence-electron chi connectivity index (χ2n) is 2.58. The first-order valence-electron chi connectivity index (χ1n) is 3.58. The molecule has 13 heavy (non-hydrogen) atoms. The van der Waals surface area contributed by atoms with Crippen LogP contribution in [0.15, 0.2) is 18.2 Å². The summed E-state index contributed by atoms with van der Waals surface area (Å²) in [5.74, 6) is -1.04. The molecule has 0 unspecified atom stereocenters. The number of halogens is 2. The number of phenols is 2. The van der Waals surface area contributed by atoms with Gasteiger partial charge >= 0.3 is 0 Å². The first kappa shape index (κ1) is 9.73. The summed E-state index contributed by atoms with van der Waals surface area (Å²) in [5.41, 5.74) is 4.93. The number of rotatable bonds is 2. The maximum Gasteiger partial charge on any atom is 0.257 e. The summed E-state index contributed by atoms with van der Waals surface area (Å²) in [6.45, 7) is 0. The predicted molar refractivity (Wildman–Crippen MR) is 42.7 cm³/mol. The molecule has 3 nitrogen and oxygen atoms in total. The molecule has 5 heteroatoms. The van der Waals surface area contributed by atoms with E-state index in [-0.39, 0.29) is 5.56 Å². The van der Waals surface area contributed by atoms with Gasteiger partial charge in [0.1, 0.15) is 0 Å². The van der Waals surface area contributed by atoms with Crippen LogP contribution in [-0.2, 0) is 0 Å². The first-order valence-corrected chi connectivity index (χ1v) is 3.58. The molecule has 0 bridgehead atoms. The van der Waals surface area contributed by atoms with Gasteiger partial charge in [0, 0.05) is 5.56 Å².